The minimum absolute atomic E-state index is 0.143. The smallest absolute Gasteiger partial charge is 0.207 e. The molecule has 0 unspecified atom stereocenters. The van der Waals surface area contributed by atoms with Crippen LogP contribution in [0.15, 0.2) is 29.2 Å². The van der Waals surface area contributed by atoms with Crippen LogP contribution in [0.25, 0.3) is 0 Å². The lowest BCUT2D eigenvalue weighted by Crippen LogP contribution is -1.89. The fourth-order valence-corrected chi connectivity index (χ4v) is 1.47. The number of benzene rings is 1. The van der Waals surface area contributed by atoms with E-state index in [1.807, 2.05) is 62.3 Å². The fraction of sp³-hybridized carbons (Fsp3) is 0.667. The van der Waals surface area contributed by atoms with Gasteiger partial charge in [0.1, 0.15) is 0 Å². The molecule has 0 N–H and O–H groups in total. The molecule has 0 aliphatic carbocycles. The van der Waals surface area contributed by atoms with E-state index in [4.69, 9.17) is 10.7 Å². The van der Waals surface area contributed by atoms with E-state index in [0.717, 1.165) is 5.56 Å². The molecule has 0 heterocycles. The van der Waals surface area contributed by atoms with Crippen molar-refractivity contribution in [1.82, 2.24) is 0 Å². The van der Waals surface area contributed by atoms with E-state index in [1.165, 1.54) is 18.6 Å². The zero-order chi connectivity index (χ0) is 19.2. The Morgan fingerprint density at radius 2 is 1.00 bits per heavy atom. The van der Waals surface area contributed by atoms with E-state index >= 15 is 0 Å². The van der Waals surface area contributed by atoms with Gasteiger partial charge in [0.25, 0.3) is 9.05 Å². The second-order valence-corrected chi connectivity index (χ2v) is 5.52. The molecule has 0 spiro atoms. The Hall–Kier alpha value is -0.540. The van der Waals surface area contributed by atoms with Gasteiger partial charge >= 0.3 is 0 Å². The van der Waals surface area contributed by atoms with Crippen molar-refractivity contribution < 1.29 is 8.42 Å². The largest absolute Gasteiger partial charge is 0.261 e. The van der Waals surface area contributed by atoms with Crippen LogP contribution in [0.4, 0.5) is 0 Å². The Morgan fingerprint density at radius 3 is 1.18 bits per heavy atom. The van der Waals surface area contributed by atoms with E-state index in [2.05, 4.69) is 13.8 Å². The number of aryl methyl sites for hydroxylation is 1. The summed E-state index contributed by atoms with van der Waals surface area (Å²) in [7, 11) is 1.54. The predicted octanol–water partition coefficient (Wildman–Crippen LogP) is 7.44. The molecule has 0 bridgehead atoms. The van der Waals surface area contributed by atoms with Crippen molar-refractivity contribution in [2.45, 2.75) is 87.5 Å². The Bertz CT molecular complexity index is 357. The van der Waals surface area contributed by atoms with Gasteiger partial charge in [0.2, 0.25) is 0 Å². The normalized spacial score (nSPS) is 7.64. The van der Waals surface area contributed by atoms with Gasteiger partial charge in [0, 0.05) is 10.7 Å². The molecule has 0 amide bonds. The molecule has 0 saturated carbocycles. The first-order valence-electron chi connectivity index (χ1n) is 8.43. The van der Waals surface area contributed by atoms with Crippen molar-refractivity contribution in [3.63, 3.8) is 0 Å². The summed E-state index contributed by atoms with van der Waals surface area (Å²) in [5.41, 5.74) is 1.01. The second kappa shape index (κ2) is 28.6. The molecule has 0 fully saturated rings. The molecule has 1 rings (SSSR count). The van der Waals surface area contributed by atoms with Crippen molar-refractivity contribution in [2.24, 2.45) is 0 Å². The summed E-state index contributed by atoms with van der Waals surface area (Å²) in [4.78, 5) is 0.143. The molecule has 0 aliphatic heterocycles. The molecule has 1 aromatic carbocycles. The van der Waals surface area contributed by atoms with Crippen molar-refractivity contribution in [1.29, 1.82) is 0 Å². The van der Waals surface area contributed by atoms with Gasteiger partial charge in [-0.1, -0.05) is 93.4 Å². The van der Waals surface area contributed by atoms with Gasteiger partial charge in [0.15, 0.2) is 0 Å². The van der Waals surface area contributed by atoms with Gasteiger partial charge in [-0.2, -0.15) is 0 Å². The summed E-state index contributed by atoms with van der Waals surface area (Å²) < 4.78 is 21.4. The highest BCUT2D eigenvalue weighted by Crippen LogP contribution is 2.14. The van der Waals surface area contributed by atoms with Gasteiger partial charge in [-0.25, -0.2) is 8.42 Å². The molecule has 0 atom stereocenters. The van der Waals surface area contributed by atoms with E-state index in [0.29, 0.717) is 0 Å². The first-order valence-corrected chi connectivity index (χ1v) is 10.7. The van der Waals surface area contributed by atoms with Crippen LogP contribution in [0.1, 0.15) is 81.2 Å². The van der Waals surface area contributed by atoms with Crippen LogP contribution in [-0.2, 0) is 9.05 Å². The third kappa shape index (κ3) is 27.7. The average molecular weight is 355 g/mol. The van der Waals surface area contributed by atoms with Crippen LogP contribution in [0, 0.1) is 6.92 Å². The summed E-state index contributed by atoms with van der Waals surface area (Å²) in [5.74, 6) is 0. The van der Waals surface area contributed by atoms with Gasteiger partial charge in [-0.3, -0.25) is 0 Å². The SMILES string of the molecule is CC.CC.CC.CC.CCC.Cc1ccc(S(=O)(=O)Cl)cc1. The highest BCUT2D eigenvalue weighted by atomic mass is 35.7. The number of hydrogen-bond donors (Lipinski definition) is 0. The molecule has 4 heteroatoms. The Labute approximate surface area is 145 Å². The Morgan fingerprint density at radius 1 is 0.773 bits per heavy atom. The summed E-state index contributed by atoms with van der Waals surface area (Å²) in [5, 5.41) is 0. The number of hydrogen-bond acceptors (Lipinski definition) is 2. The Kier molecular flexibility index (Phi) is 43.1. The highest BCUT2D eigenvalue weighted by Gasteiger charge is 2.07. The van der Waals surface area contributed by atoms with E-state index in [1.54, 1.807) is 12.1 Å². The van der Waals surface area contributed by atoms with Crippen molar-refractivity contribution in [3.05, 3.63) is 29.8 Å². The summed E-state index contributed by atoms with van der Waals surface area (Å²) in [6, 6.07) is 6.37. The predicted molar refractivity (Wildman–Crippen MR) is 106 cm³/mol. The van der Waals surface area contributed by atoms with E-state index < -0.39 is 9.05 Å². The van der Waals surface area contributed by atoms with Crippen molar-refractivity contribution >= 4 is 19.7 Å². The van der Waals surface area contributed by atoms with Crippen LogP contribution < -0.4 is 0 Å². The van der Waals surface area contributed by atoms with Crippen LogP contribution in [-0.4, -0.2) is 8.42 Å². The maximum atomic E-state index is 10.7. The maximum Gasteiger partial charge on any atom is 0.261 e. The third-order valence-corrected chi connectivity index (χ3v) is 2.67. The molecular weight excluding hydrogens is 316 g/mol. The average Bonchev–Trinajstić information content (AvgIpc) is 2.55. The molecule has 0 aromatic heterocycles. The molecule has 22 heavy (non-hydrogen) atoms. The van der Waals surface area contributed by atoms with Crippen LogP contribution in [0.2, 0.25) is 0 Å². The molecule has 2 nitrogen and oxygen atoms in total. The number of halogens is 1. The molecule has 136 valence electrons. The molecule has 0 aliphatic rings. The molecule has 1 aromatic rings. The van der Waals surface area contributed by atoms with Gasteiger partial charge in [-0.15, -0.1) is 0 Å². The van der Waals surface area contributed by atoms with Gasteiger partial charge in [-0.05, 0) is 19.1 Å². The summed E-state index contributed by atoms with van der Waals surface area (Å²) in [6.45, 7) is 22.1. The lowest BCUT2D eigenvalue weighted by molar-refractivity contribution is 0.609. The van der Waals surface area contributed by atoms with E-state index in [9.17, 15) is 8.42 Å². The third-order valence-electron chi connectivity index (χ3n) is 1.30. The fourth-order valence-electron chi connectivity index (χ4n) is 0.701. The monoisotopic (exact) mass is 354 g/mol. The quantitative estimate of drug-likeness (QED) is 0.491. The highest BCUT2D eigenvalue weighted by molar-refractivity contribution is 8.13. The van der Waals surface area contributed by atoms with Crippen LogP contribution >= 0.6 is 10.7 Å². The van der Waals surface area contributed by atoms with Crippen molar-refractivity contribution in [3.8, 4) is 0 Å². The van der Waals surface area contributed by atoms with Gasteiger partial charge < -0.3 is 0 Å². The zero-order valence-corrected chi connectivity index (χ0v) is 18.2. The molecule has 0 radical (unpaired) electrons. The zero-order valence-electron chi connectivity index (χ0n) is 16.6. The lowest BCUT2D eigenvalue weighted by Gasteiger charge is -1.94. The second-order valence-electron chi connectivity index (χ2n) is 2.96. The van der Waals surface area contributed by atoms with E-state index in [-0.39, 0.29) is 4.90 Å². The minimum atomic E-state index is -3.55. The first-order chi connectivity index (χ1) is 10.4. The lowest BCUT2D eigenvalue weighted by atomic mass is 10.2. The topological polar surface area (TPSA) is 34.1 Å². The summed E-state index contributed by atoms with van der Waals surface area (Å²) in [6.07, 6.45) is 1.25. The van der Waals surface area contributed by atoms with Crippen LogP contribution in [0.5, 0.6) is 0 Å². The number of rotatable bonds is 1. The standard InChI is InChI=1S/C7H7ClO2S.C3H8.4C2H6/c1-6-2-4-7(5-3-6)11(8,9)10;1-3-2;4*1-2/h2-5H,1H3;3H2,1-2H3;4*1-2H3. The molecular formula is C18H39ClO2S. The maximum absolute atomic E-state index is 10.7. The van der Waals surface area contributed by atoms with Gasteiger partial charge in [0.05, 0.1) is 4.90 Å². The van der Waals surface area contributed by atoms with Crippen molar-refractivity contribution in [2.75, 3.05) is 0 Å². The molecule has 0 saturated heterocycles. The minimum Gasteiger partial charge on any atom is -0.207 e. The first kappa shape index (κ1) is 33.2. The summed E-state index contributed by atoms with van der Waals surface area (Å²) >= 11 is 0. The van der Waals surface area contributed by atoms with Crippen LogP contribution in [0.3, 0.4) is 0 Å². The Balaban J connectivity index is -0.0000000740.